The highest BCUT2D eigenvalue weighted by molar-refractivity contribution is 8.00. The first-order valence-electron chi connectivity index (χ1n) is 6.97. The standard InChI is InChI=1S/C17H17NS/c1-3-7-16-12(5-1)9-14(18-16)11-15-10-13-6-2-4-8-17(13)19-15/h1-8,14-15,18H,9-11H2. The lowest BCUT2D eigenvalue weighted by Gasteiger charge is -2.15. The minimum atomic E-state index is 0.615. The van der Waals surface area contributed by atoms with Crippen molar-refractivity contribution in [3.8, 4) is 0 Å². The van der Waals surface area contributed by atoms with Crippen LogP contribution in [-0.4, -0.2) is 11.3 Å². The summed E-state index contributed by atoms with van der Waals surface area (Å²) < 4.78 is 0. The van der Waals surface area contributed by atoms with E-state index in [9.17, 15) is 0 Å². The Balaban J connectivity index is 1.43. The molecule has 4 rings (SSSR count). The topological polar surface area (TPSA) is 12.0 Å². The maximum Gasteiger partial charge on any atom is 0.0375 e. The fraction of sp³-hybridized carbons (Fsp3) is 0.294. The van der Waals surface area contributed by atoms with E-state index >= 15 is 0 Å². The Labute approximate surface area is 118 Å². The van der Waals surface area contributed by atoms with Gasteiger partial charge in [-0.3, -0.25) is 0 Å². The highest BCUT2D eigenvalue weighted by Crippen LogP contribution is 2.40. The molecule has 0 amide bonds. The van der Waals surface area contributed by atoms with Crippen molar-refractivity contribution in [2.24, 2.45) is 0 Å². The predicted octanol–water partition coefficient (Wildman–Crippen LogP) is 4.13. The van der Waals surface area contributed by atoms with E-state index in [1.807, 2.05) is 0 Å². The summed E-state index contributed by atoms with van der Waals surface area (Å²) in [5.74, 6) is 0. The molecule has 2 atom stereocenters. The van der Waals surface area contributed by atoms with E-state index in [0.29, 0.717) is 6.04 Å². The summed E-state index contributed by atoms with van der Waals surface area (Å²) in [6.45, 7) is 0. The molecule has 2 aromatic carbocycles. The Morgan fingerprint density at radius 2 is 1.74 bits per heavy atom. The summed E-state index contributed by atoms with van der Waals surface area (Å²) in [7, 11) is 0. The van der Waals surface area contributed by atoms with Crippen LogP contribution < -0.4 is 5.32 Å². The van der Waals surface area contributed by atoms with Gasteiger partial charge in [-0.1, -0.05) is 36.4 Å². The van der Waals surface area contributed by atoms with Gasteiger partial charge in [0.15, 0.2) is 0 Å². The SMILES string of the molecule is c1ccc2c(c1)CC(CC1Cc3ccccc3S1)N2. The first kappa shape index (κ1) is 11.4. The third-order valence-corrected chi connectivity index (χ3v) is 5.45. The first-order chi connectivity index (χ1) is 9.38. The zero-order valence-electron chi connectivity index (χ0n) is 10.8. The van der Waals surface area contributed by atoms with Crippen molar-refractivity contribution in [2.45, 2.75) is 35.4 Å². The normalized spacial score (nSPS) is 23.8. The lowest BCUT2D eigenvalue weighted by atomic mass is 10.0. The van der Waals surface area contributed by atoms with Crippen LogP contribution in [0.4, 0.5) is 5.69 Å². The molecule has 0 fully saturated rings. The quantitative estimate of drug-likeness (QED) is 0.878. The molecule has 0 aromatic heterocycles. The fourth-order valence-corrected chi connectivity index (χ4v) is 4.63. The van der Waals surface area contributed by atoms with Crippen LogP contribution in [0.5, 0.6) is 0 Å². The number of thioether (sulfide) groups is 1. The number of anilines is 1. The maximum absolute atomic E-state index is 3.67. The van der Waals surface area contributed by atoms with E-state index in [1.54, 1.807) is 0 Å². The largest absolute Gasteiger partial charge is 0.382 e. The molecule has 0 saturated heterocycles. The van der Waals surface area contributed by atoms with Crippen molar-refractivity contribution < 1.29 is 0 Å². The highest BCUT2D eigenvalue weighted by Gasteiger charge is 2.27. The van der Waals surface area contributed by atoms with Crippen LogP contribution in [0.3, 0.4) is 0 Å². The van der Waals surface area contributed by atoms with Crippen molar-refractivity contribution >= 4 is 17.4 Å². The van der Waals surface area contributed by atoms with E-state index in [-0.39, 0.29) is 0 Å². The average Bonchev–Trinajstić information content (AvgIpc) is 3.00. The van der Waals surface area contributed by atoms with Crippen LogP contribution in [0.25, 0.3) is 0 Å². The van der Waals surface area contributed by atoms with Crippen LogP contribution in [0.1, 0.15) is 17.5 Å². The summed E-state index contributed by atoms with van der Waals surface area (Å²) in [6.07, 6.45) is 3.67. The van der Waals surface area contributed by atoms with Gasteiger partial charge in [0.25, 0.3) is 0 Å². The molecule has 2 heterocycles. The molecule has 96 valence electrons. The van der Waals surface area contributed by atoms with E-state index in [4.69, 9.17) is 0 Å². The summed E-state index contributed by atoms with van der Waals surface area (Å²) >= 11 is 2.06. The zero-order chi connectivity index (χ0) is 12.7. The molecule has 2 heteroatoms. The van der Waals surface area contributed by atoms with E-state index in [0.717, 1.165) is 5.25 Å². The third-order valence-electron chi connectivity index (χ3n) is 4.10. The average molecular weight is 267 g/mol. The molecule has 19 heavy (non-hydrogen) atoms. The molecular weight excluding hydrogens is 250 g/mol. The Morgan fingerprint density at radius 3 is 2.58 bits per heavy atom. The van der Waals surface area contributed by atoms with E-state index in [1.165, 1.54) is 41.0 Å². The van der Waals surface area contributed by atoms with Gasteiger partial charge in [-0.25, -0.2) is 0 Å². The molecule has 0 radical (unpaired) electrons. The van der Waals surface area contributed by atoms with Gasteiger partial charge >= 0.3 is 0 Å². The molecule has 1 nitrogen and oxygen atoms in total. The minimum absolute atomic E-state index is 0.615. The highest BCUT2D eigenvalue weighted by atomic mass is 32.2. The summed E-state index contributed by atoms with van der Waals surface area (Å²) in [4.78, 5) is 1.49. The van der Waals surface area contributed by atoms with Gasteiger partial charge in [0.05, 0.1) is 0 Å². The predicted molar refractivity (Wildman–Crippen MR) is 82.0 cm³/mol. The second-order valence-electron chi connectivity index (χ2n) is 5.49. The Hall–Kier alpha value is -1.41. The van der Waals surface area contributed by atoms with E-state index in [2.05, 4.69) is 65.6 Å². The number of benzene rings is 2. The second kappa shape index (κ2) is 4.61. The first-order valence-corrected chi connectivity index (χ1v) is 7.85. The van der Waals surface area contributed by atoms with Crippen molar-refractivity contribution in [1.29, 1.82) is 0 Å². The van der Waals surface area contributed by atoms with Gasteiger partial charge in [0.2, 0.25) is 0 Å². The Morgan fingerprint density at radius 1 is 0.947 bits per heavy atom. The van der Waals surface area contributed by atoms with Crippen molar-refractivity contribution in [2.75, 3.05) is 5.32 Å². The number of nitrogens with one attached hydrogen (secondary N) is 1. The van der Waals surface area contributed by atoms with E-state index < -0.39 is 0 Å². The number of fused-ring (bicyclic) bond motifs is 2. The van der Waals surface area contributed by atoms with Crippen LogP contribution in [0.15, 0.2) is 53.4 Å². The van der Waals surface area contributed by atoms with Gasteiger partial charge in [-0.05, 0) is 42.5 Å². The lowest BCUT2D eigenvalue weighted by molar-refractivity contribution is 0.650. The number of para-hydroxylation sites is 1. The Bertz CT molecular complexity index is 504. The molecule has 2 aliphatic rings. The van der Waals surface area contributed by atoms with Crippen molar-refractivity contribution in [1.82, 2.24) is 0 Å². The number of hydrogen-bond acceptors (Lipinski definition) is 2. The fourth-order valence-electron chi connectivity index (χ4n) is 3.22. The van der Waals surface area contributed by atoms with Gasteiger partial charge in [-0.15, -0.1) is 11.8 Å². The van der Waals surface area contributed by atoms with Gasteiger partial charge in [-0.2, -0.15) is 0 Å². The molecule has 0 saturated carbocycles. The van der Waals surface area contributed by atoms with Crippen LogP contribution >= 0.6 is 11.8 Å². The van der Waals surface area contributed by atoms with Gasteiger partial charge in [0, 0.05) is 21.9 Å². The third kappa shape index (κ3) is 2.14. The van der Waals surface area contributed by atoms with Crippen LogP contribution in [0.2, 0.25) is 0 Å². The molecular formula is C17H17NS. The van der Waals surface area contributed by atoms with Crippen molar-refractivity contribution in [3.05, 3.63) is 59.7 Å². The molecule has 2 unspecified atom stereocenters. The van der Waals surface area contributed by atoms with Crippen LogP contribution in [0, 0.1) is 0 Å². The molecule has 2 aliphatic heterocycles. The zero-order valence-corrected chi connectivity index (χ0v) is 11.6. The van der Waals surface area contributed by atoms with Gasteiger partial charge in [0.1, 0.15) is 0 Å². The minimum Gasteiger partial charge on any atom is -0.382 e. The molecule has 0 bridgehead atoms. The summed E-state index contributed by atoms with van der Waals surface area (Å²) in [6, 6.07) is 18.2. The smallest absolute Gasteiger partial charge is 0.0375 e. The van der Waals surface area contributed by atoms with Crippen molar-refractivity contribution in [3.63, 3.8) is 0 Å². The second-order valence-corrected chi connectivity index (χ2v) is 6.83. The van der Waals surface area contributed by atoms with Crippen LogP contribution in [-0.2, 0) is 12.8 Å². The monoisotopic (exact) mass is 267 g/mol. The summed E-state index contributed by atoms with van der Waals surface area (Å²) in [5.41, 5.74) is 4.36. The summed E-state index contributed by atoms with van der Waals surface area (Å²) in [5, 5.41) is 4.41. The number of rotatable bonds is 2. The lowest BCUT2D eigenvalue weighted by Crippen LogP contribution is -2.21. The maximum atomic E-state index is 3.67. The number of hydrogen-bond donors (Lipinski definition) is 1. The van der Waals surface area contributed by atoms with Gasteiger partial charge < -0.3 is 5.32 Å². The Kier molecular flexibility index (Phi) is 2.77. The molecule has 0 aliphatic carbocycles. The molecule has 2 aromatic rings. The molecule has 1 N–H and O–H groups in total. The molecule has 0 spiro atoms.